The zero-order valence-electron chi connectivity index (χ0n) is 17.1. The minimum atomic E-state index is -1.55. The molecule has 2 heterocycles. The first-order valence-electron chi connectivity index (χ1n) is 9.58. The van der Waals surface area contributed by atoms with E-state index in [0.29, 0.717) is 6.42 Å². The minimum Gasteiger partial charge on any atom is -0.480 e. The Kier molecular flexibility index (Phi) is 6.55. The lowest BCUT2D eigenvalue weighted by Gasteiger charge is -2.37. The molecule has 0 bridgehead atoms. The highest BCUT2D eigenvalue weighted by molar-refractivity contribution is 6.34. The molecule has 2 N–H and O–H groups in total. The van der Waals surface area contributed by atoms with Crippen LogP contribution in [0.25, 0.3) is 0 Å². The summed E-state index contributed by atoms with van der Waals surface area (Å²) < 4.78 is 15.2. The van der Waals surface area contributed by atoms with E-state index < -0.39 is 35.2 Å². The monoisotopic (exact) mass is 483 g/mol. The molecule has 0 unspecified atom stereocenters. The van der Waals surface area contributed by atoms with Gasteiger partial charge in [0.1, 0.15) is 22.4 Å². The van der Waals surface area contributed by atoms with E-state index in [1.54, 1.807) is 0 Å². The van der Waals surface area contributed by atoms with Crippen molar-refractivity contribution in [3.8, 4) is 6.07 Å². The molecule has 1 fully saturated rings. The van der Waals surface area contributed by atoms with Crippen molar-refractivity contribution < 1.29 is 14.3 Å². The van der Waals surface area contributed by atoms with Crippen LogP contribution in [0.15, 0.2) is 30.5 Å². The summed E-state index contributed by atoms with van der Waals surface area (Å²) in [6.07, 6.45) is 1.78. The van der Waals surface area contributed by atoms with Gasteiger partial charge in [-0.15, -0.1) is 0 Å². The zero-order valence-corrected chi connectivity index (χ0v) is 19.4. The van der Waals surface area contributed by atoms with Gasteiger partial charge < -0.3 is 5.11 Å². The normalized spacial score (nSPS) is 25.9. The molecule has 31 heavy (non-hydrogen) atoms. The molecule has 4 atom stereocenters. The third-order valence-corrected chi connectivity index (χ3v) is 6.42. The summed E-state index contributed by atoms with van der Waals surface area (Å²) in [4.78, 5) is 16.4. The number of benzene rings is 1. The van der Waals surface area contributed by atoms with Crippen LogP contribution in [-0.2, 0) is 10.2 Å². The van der Waals surface area contributed by atoms with Crippen molar-refractivity contribution in [2.75, 3.05) is 0 Å². The summed E-state index contributed by atoms with van der Waals surface area (Å²) in [5.74, 6) is -3.10. The summed E-state index contributed by atoms with van der Waals surface area (Å²) in [7, 11) is 0. The van der Waals surface area contributed by atoms with Gasteiger partial charge in [-0.3, -0.25) is 10.1 Å². The van der Waals surface area contributed by atoms with Crippen molar-refractivity contribution in [3.05, 3.63) is 62.6 Å². The first-order chi connectivity index (χ1) is 14.4. The quantitative estimate of drug-likeness (QED) is 0.553. The molecule has 0 radical (unpaired) electrons. The van der Waals surface area contributed by atoms with E-state index in [2.05, 4.69) is 16.4 Å². The molecule has 5 nitrogen and oxygen atoms in total. The van der Waals surface area contributed by atoms with Gasteiger partial charge in [-0.2, -0.15) is 5.26 Å². The number of hydrogen-bond donors (Lipinski definition) is 2. The number of nitrogens with zero attached hydrogens (tertiary/aromatic N) is 2. The molecule has 1 aliphatic rings. The largest absolute Gasteiger partial charge is 0.480 e. The Balaban J connectivity index is 2.38. The lowest BCUT2D eigenvalue weighted by Crippen LogP contribution is -2.44. The number of aliphatic carboxylic acids is 1. The van der Waals surface area contributed by atoms with Gasteiger partial charge in [0.25, 0.3) is 0 Å². The minimum absolute atomic E-state index is 0.0244. The molecule has 0 spiro atoms. The van der Waals surface area contributed by atoms with Gasteiger partial charge in [0, 0.05) is 23.7 Å². The summed E-state index contributed by atoms with van der Waals surface area (Å²) in [6, 6.07) is 6.13. The molecule has 0 saturated carbocycles. The molecule has 1 aromatic heterocycles. The van der Waals surface area contributed by atoms with Crippen LogP contribution in [-0.4, -0.2) is 28.1 Å². The van der Waals surface area contributed by atoms with E-state index in [4.69, 9.17) is 34.8 Å². The molecule has 164 valence electrons. The molecule has 2 aromatic rings. The Bertz CT molecular complexity index is 1070. The van der Waals surface area contributed by atoms with Crippen LogP contribution in [0.2, 0.25) is 15.2 Å². The van der Waals surface area contributed by atoms with Gasteiger partial charge in [0.05, 0.1) is 16.1 Å². The number of carboxylic acids is 1. The summed E-state index contributed by atoms with van der Waals surface area (Å²) in [5.41, 5.74) is -1.51. The fourth-order valence-electron chi connectivity index (χ4n) is 4.43. The molecular weight excluding hydrogens is 464 g/mol. The smallest absolute Gasteiger partial charge is 0.321 e. The number of rotatable bonds is 4. The number of aromatic nitrogens is 1. The Hall–Kier alpha value is -1.91. The first-order valence-corrected chi connectivity index (χ1v) is 10.7. The Labute approximate surface area is 195 Å². The maximum atomic E-state index is 15.2. The Morgan fingerprint density at radius 1 is 1.32 bits per heavy atom. The topological polar surface area (TPSA) is 86.0 Å². The van der Waals surface area contributed by atoms with Gasteiger partial charge in [-0.1, -0.05) is 67.7 Å². The predicted octanol–water partition coefficient (Wildman–Crippen LogP) is 5.59. The molecule has 1 aromatic carbocycles. The highest BCUT2D eigenvalue weighted by Gasteiger charge is 2.61. The van der Waals surface area contributed by atoms with E-state index in [-0.39, 0.29) is 31.7 Å². The maximum Gasteiger partial charge on any atom is 0.321 e. The van der Waals surface area contributed by atoms with Gasteiger partial charge in [-0.05, 0) is 29.5 Å². The van der Waals surface area contributed by atoms with Crippen LogP contribution in [0.4, 0.5) is 4.39 Å². The van der Waals surface area contributed by atoms with Crippen LogP contribution >= 0.6 is 34.8 Å². The van der Waals surface area contributed by atoms with E-state index in [1.807, 2.05) is 20.8 Å². The van der Waals surface area contributed by atoms with Crippen molar-refractivity contribution in [2.24, 2.45) is 5.41 Å². The predicted molar refractivity (Wildman–Crippen MR) is 118 cm³/mol. The fourth-order valence-corrected chi connectivity index (χ4v) is 5.13. The highest BCUT2D eigenvalue weighted by Crippen LogP contribution is 2.53. The van der Waals surface area contributed by atoms with Gasteiger partial charge in [0.15, 0.2) is 0 Å². The van der Waals surface area contributed by atoms with Crippen LogP contribution < -0.4 is 5.32 Å². The molecule has 9 heteroatoms. The SMILES string of the molecule is CC(C)(C)C[C@H]1N[C@H](C(=O)O)[C@H](c2cccc(Cl)c2F)[C@]1(C#N)c1cnc(Cl)cc1Cl. The lowest BCUT2D eigenvalue weighted by atomic mass is 9.63. The zero-order chi connectivity index (χ0) is 23.1. The van der Waals surface area contributed by atoms with E-state index in [1.165, 1.54) is 30.5 Å². The van der Waals surface area contributed by atoms with Crippen LogP contribution in [0, 0.1) is 22.6 Å². The molecule has 1 aliphatic heterocycles. The third kappa shape index (κ3) is 4.25. The fraction of sp³-hybridized carbons (Fsp3) is 0.409. The molecule has 3 rings (SSSR count). The Morgan fingerprint density at radius 2 is 2.00 bits per heavy atom. The second-order valence-electron chi connectivity index (χ2n) is 8.89. The number of halogens is 4. The molecule has 0 amide bonds. The second-order valence-corrected chi connectivity index (χ2v) is 10.1. The molecule has 1 saturated heterocycles. The number of carboxylic acid groups (broad SMARTS) is 1. The highest BCUT2D eigenvalue weighted by atomic mass is 35.5. The van der Waals surface area contributed by atoms with Gasteiger partial charge in [0.2, 0.25) is 0 Å². The van der Waals surface area contributed by atoms with Crippen molar-refractivity contribution in [1.29, 1.82) is 5.26 Å². The van der Waals surface area contributed by atoms with E-state index in [0.717, 1.165) is 0 Å². The number of carbonyl (C=O) groups is 1. The third-order valence-electron chi connectivity index (χ3n) is 5.60. The van der Waals surface area contributed by atoms with Crippen LogP contribution in [0.3, 0.4) is 0 Å². The van der Waals surface area contributed by atoms with Crippen LogP contribution in [0.1, 0.15) is 44.2 Å². The van der Waals surface area contributed by atoms with E-state index >= 15 is 4.39 Å². The van der Waals surface area contributed by atoms with Crippen molar-refractivity contribution >= 4 is 40.8 Å². The standard InChI is InChI=1S/C22H21Cl3FN3O2/c1-21(2,3)8-15-22(10-27,12-9-28-16(25)7-14(12)24)17(19(29-15)20(30)31)11-5-4-6-13(23)18(11)26/h4-7,9,15,17,19,29H,8H2,1-3H3,(H,30,31)/t15-,17+,19+,22-/m1/s1. The van der Waals surface area contributed by atoms with Crippen molar-refractivity contribution in [3.63, 3.8) is 0 Å². The second kappa shape index (κ2) is 8.55. The number of nitrogens with one attached hydrogen (secondary N) is 1. The number of nitriles is 1. The number of hydrogen-bond acceptors (Lipinski definition) is 4. The molecule has 0 aliphatic carbocycles. The maximum absolute atomic E-state index is 15.2. The molecular formula is C22H21Cl3FN3O2. The van der Waals surface area contributed by atoms with Gasteiger partial charge >= 0.3 is 5.97 Å². The van der Waals surface area contributed by atoms with Gasteiger partial charge in [-0.25, -0.2) is 9.37 Å². The summed E-state index contributed by atoms with van der Waals surface area (Å²) in [6.45, 7) is 5.92. The lowest BCUT2D eigenvalue weighted by molar-refractivity contribution is -0.139. The summed E-state index contributed by atoms with van der Waals surface area (Å²) in [5, 5.41) is 23.8. The average Bonchev–Trinajstić information content (AvgIpc) is 2.97. The summed E-state index contributed by atoms with van der Waals surface area (Å²) >= 11 is 18.5. The Morgan fingerprint density at radius 3 is 2.55 bits per heavy atom. The first kappa shape index (κ1) is 23.7. The van der Waals surface area contributed by atoms with Crippen LogP contribution in [0.5, 0.6) is 0 Å². The number of pyridine rings is 1. The van der Waals surface area contributed by atoms with E-state index in [9.17, 15) is 15.2 Å². The van der Waals surface area contributed by atoms with Crippen molar-refractivity contribution in [1.82, 2.24) is 10.3 Å². The average molecular weight is 485 g/mol. The van der Waals surface area contributed by atoms with Crippen molar-refractivity contribution in [2.45, 2.75) is 50.6 Å².